The van der Waals surface area contributed by atoms with Crippen LogP contribution in [0, 0.1) is 12.8 Å². The van der Waals surface area contributed by atoms with E-state index in [4.69, 9.17) is 10.8 Å². The second-order valence-electron chi connectivity index (χ2n) is 8.46. The third-order valence-corrected chi connectivity index (χ3v) is 5.91. The van der Waals surface area contributed by atoms with Gasteiger partial charge in [0.2, 0.25) is 5.91 Å². The quantitative estimate of drug-likeness (QED) is 0.721. The Labute approximate surface area is 169 Å². The topological polar surface area (TPSA) is 60.9 Å². The third kappa shape index (κ3) is 4.82. The lowest BCUT2D eigenvalue weighted by atomic mass is 9.77. The molecule has 29 heavy (non-hydrogen) atoms. The molecule has 0 unspecified atom stereocenters. The molecule has 1 aliphatic carbocycles. The molecule has 2 aromatic rings. The first-order valence-electron chi connectivity index (χ1n) is 10.1. The third-order valence-electron chi connectivity index (χ3n) is 5.91. The second kappa shape index (κ2) is 8.20. The molecular formula is C22H28F3N3O. The maximum absolute atomic E-state index is 13.0. The summed E-state index contributed by atoms with van der Waals surface area (Å²) in [6.07, 6.45) is 1.14. The highest BCUT2D eigenvalue weighted by atomic mass is 19.4. The van der Waals surface area contributed by atoms with Gasteiger partial charge in [0, 0.05) is 18.3 Å². The summed E-state index contributed by atoms with van der Waals surface area (Å²) in [4.78, 5) is 11.8. The number of halogens is 3. The van der Waals surface area contributed by atoms with Crippen molar-refractivity contribution in [3.05, 3.63) is 52.3 Å². The molecule has 7 heteroatoms. The van der Waals surface area contributed by atoms with Crippen molar-refractivity contribution in [1.29, 1.82) is 0 Å². The number of aryl methyl sites for hydroxylation is 1. The molecule has 1 heterocycles. The first-order valence-corrected chi connectivity index (χ1v) is 10.1. The van der Waals surface area contributed by atoms with Crippen LogP contribution in [0.25, 0.3) is 0 Å². The number of carbonyl (C=O) groups is 1. The maximum atomic E-state index is 13.0. The molecule has 1 saturated carbocycles. The normalized spacial score (nSPS) is 20.2. The summed E-state index contributed by atoms with van der Waals surface area (Å²) in [5.74, 6) is 0.110. The minimum Gasteiger partial charge on any atom is -0.366 e. The highest BCUT2D eigenvalue weighted by Crippen LogP contribution is 2.39. The van der Waals surface area contributed by atoms with E-state index in [0.717, 1.165) is 50.1 Å². The zero-order chi connectivity index (χ0) is 21.3. The highest BCUT2D eigenvalue weighted by Gasteiger charge is 2.33. The summed E-state index contributed by atoms with van der Waals surface area (Å²) in [6, 6.07) is 3.37. The van der Waals surface area contributed by atoms with Gasteiger partial charge in [-0.25, -0.2) is 0 Å². The minimum absolute atomic E-state index is 0.00690. The van der Waals surface area contributed by atoms with Crippen LogP contribution in [0.1, 0.15) is 84.1 Å². The van der Waals surface area contributed by atoms with E-state index in [1.165, 1.54) is 11.6 Å². The first kappa shape index (κ1) is 21.4. The fourth-order valence-corrected chi connectivity index (χ4v) is 4.42. The summed E-state index contributed by atoms with van der Waals surface area (Å²) >= 11 is 0. The maximum Gasteiger partial charge on any atom is 0.416 e. The monoisotopic (exact) mass is 407 g/mol. The van der Waals surface area contributed by atoms with Crippen LogP contribution in [0.3, 0.4) is 0 Å². The van der Waals surface area contributed by atoms with E-state index in [0.29, 0.717) is 17.4 Å². The Balaban J connectivity index is 1.69. The van der Waals surface area contributed by atoms with E-state index in [9.17, 15) is 18.0 Å². The van der Waals surface area contributed by atoms with E-state index in [1.54, 1.807) is 0 Å². The number of nitrogens with two attached hydrogens (primary N) is 1. The smallest absolute Gasteiger partial charge is 0.366 e. The van der Waals surface area contributed by atoms with E-state index in [-0.39, 0.29) is 11.5 Å². The van der Waals surface area contributed by atoms with Gasteiger partial charge in [-0.15, -0.1) is 0 Å². The predicted molar refractivity (Wildman–Crippen MR) is 106 cm³/mol. The van der Waals surface area contributed by atoms with Crippen molar-refractivity contribution in [2.75, 3.05) is 0 Å². The van der Waals surface area contributed by atoms with Crippen molar-refractivity contribution in [2.45, 2.75) is 71.0 Å². The number of benzene rings is 1. The highest BCUT2D eigenvalue weighted by molar-refractivity contribution is 5.94. The molecule has 0 bridgehead atoms. The Morgan fingerprint density at radius 2 is 1.90 bits per heavy atom. The van der Waals surface area contributed by atoms with Crippen LogP contribution in [0.4, 0.5) is 13.2 Å². The largest absolute Gasteiger partial charge is 0.416 e. The van der Waals surface area contributed by atoms with Crippen LogP contribution in [-0.2, 0) is 12.7 Å². The summed E-state index contributed by atoms with van der Waals surface area (Å²) < 4.78 is 41.0. The SMILES string of the molecule is Cc1cn(C[C@H]2CC[C@H](c3ccc(C(F)(F)F)cc3C(N)=O)CC2)nc1C(C)C. The van der Waals surface area contributed by atoms with Crippen molar-refractivity contribution < 1.29 is 18.0 Å². The molecule has 1 amide bonds. The van der Waals surface area contributed by atoms with Crippen LogP contribution in [0.2, 0.25) is 0 Å². The number of primary amides is 1. The lowest BCUT2D eigenvalue weighted by molar-refractivity contribution is -0.137. The average molecular weight is 407 g/mol. The molecule has 0 spiro atoms. The van der Waals surface area contributed by atoms with Gasteiger partial charge >= 0.3 is 6.18 Å². The molecule has 3 rings (SSSR count). The van der Waals surface area contributed by atoms with Crippen molar-refractivity contribution in [3.63, 3.8) is 0 Å². The van der Waals surface area contributed by atoms with Gasteiger partial charge in [-0.05, 0) is 73.6 Å². The number of hydrogen-bond donors (Lipinski definition) is 1. The lowest BCUT2D eigenvalue weighted by Crippen LogP contribution is -2.22. The number of carbonyl (C=O) groups excluding carboxylic acids is 1. The van der Waals surface area contributed by atoms with Gasteiger partial charge in [-0.3, -0.25) is 9.48 Å². The van der Waals surface area contributed by atoms with Crippen LogP contribution in [-0.4, -0.2) is 15.7 Å². The standard InChI is InChI=1S/C22H28F3N3O/c1-13(2)20-14(3)11-28(27-20)12-15-4-6-16(7-5-15)18-9-8-17(22(23,24)25)10-19(18)21(26)29/h8-11,13,15-16H,4-7,12H2,1-3H3,(H2,26,29)/t15-,16-. The van der Waals surface area contributed by atoms with Crippen LogP contribution in [0.5, 0.6) is 0 Å². The van der Waals surface area contributed by atoms with E-state index in [1.807, 2.05) is 4.68 Å². The summed E-state index contributed by atoms with van der Waals surface area (Å²) in [7, 11) is 0. The molecule has 0 aliphatic heterocycles. The number of rotatable bonds is 5. The zero-order valence-corrected chi connectivity index (χ0v) is 17.1. The van der Waals surface area contributed by atoms with E-state index < -0.39 is 17.6 Å². The van der Waals surface area contributed by atoms with Crippen LogP contribution >= 0.6 is 0 Å². The van der Waals surface area contributed by atoms with Crippen molar-refractivity contribution in [3.8, 4) is 0 Å². The molecule has 4 nitrogen and oxygen atoms in total. The molecule has 2 N–H and O–H groups in total. The van der Waals surface area contributed by atoms with Gasteiger partial charge in [0.25, 0.3) is 0 Å². The molecule has 0 radical (unpaired) electrons. The van der Waals surface area contributed by atoms with Gasteiger partial charge in [0.1, 0.15) is 0 Å². The molecule has 0 atom stereocenters. The number of nitrogens with zero attached hydrogens (tertiary/aromatic N) is 2. The van der Waals surface area contributed by atoms with Gasteiger partial charge in [-0.2, -0.15) is 18.3 Å². The number of aromatic nitrogens is 2. The van der Waals surface area contributed by atoms with Crippen molar-refractivity contribution >= 4 is 5.91 Å². The predicted octanol–water partition coefficient (Wildman–Crippen LogP) is 5.41. The Kier molecular flexibility index (Phi) is 6.05. The van der Waals surface area contributed by atoms with Crippen LogP contribution < -0.4 is 5.73 Å². The van der Waals surface area contributed by atoms with Gasteiger partial charge in [-0.1, -0.05) is 19.9 Å². The fourth-order valence-electron chi connectivity index (χ4n) is 4.42. The lowest BCUT2D eigenvalue weighted by Gasteiger charge is -2.30. The zero-order valence-electron chi connectivity index (χ0n) is 17.1. The van der Waals surface area contributed by atoms with Crippen molar-refractivity contribution in [2.24, 2.45) is 11.7 Å². The van der Waals surface area contributed by atoms with Gasteiger partial charge in [0.15, 0.2) is 0 Å². The van der Waals surface area contributed by atoms with Crippen LogP contribution in [0.15, 0.2) is 24.4 Å². The summed E-state index contributed by atoms with van der Waals surface area (Å²) in [6.45, 7) is 7.18. The molecule has 0 saturated heterocycles. The number of amides is 1. The molecule has 1 aromatic heterocycles. The second-order valence-corrected chi connectivity index (χ2v) is 8.46. The fraction of sp³-hybridized carbons (Fsp3) is 0.545. The molecular weight excluding hydrogens is 379 g/mol. The van der Waals surface area contributed by atoms with Crippen molar-refractivity contribution in [1.82, 2.24) is 9.78 Å². The Bertz CT molecular complexity index is 878. The average Bonchev–Trinajstić information content (AvgIpc) is 3.01. The molecule has 1 aromatic carbocycles. The van der Waals surface area contributed by atoms with E-state index in [2.05, 4.69) is 27.0 Å². The summed E-state index contributed by atoms with van der Waals surface area (Å²) in [5, 5.41) is 4.70. The van der Waals surface area contributed by atoms with Gasteiger partial charge in [0.05, 0.1) is 11.3 Å². The summed E-state index contributed by atoms with van der Waals surface area (Å²) in [5.41, 5.74) is 7.50. The van der Waals surface area contributed by atoms with Gasteiger partial charge < -0.3 is 5.73 Å². The molecule has 158 valence electrons. The number of alkyl halides is 3. The minimum atomic E-state index is -4.49. The number of hydrogen-bond acceptors (Lipinski definition) is 2. The Morgan fingerprint density at radius 3 is 2.41 bits per heavy atom. The molecule has 1 aliphatic rings. The first-order chi connectivity index (χ1) is 13.6. The Morgan fingerprint density at radius 1 is 1.24 bits per heavy atom. The van der Waals surface area contributed by atoms with E-state index >= 15 is 0 Å². The Hall–Kier alpha value is -2.31. The molecule has 1 fully saturated rings.